The molecule has 1 aliphatic heterocycles. The fourth-order valence-electron chi connectivity index (χ4n) is 2.08. The van der Waals surface area contributed by atoms with Crippen LogP contribution in [0.4, 0.5) is 0 Å². The minimum atomic E-state index is -4.12. The number of carbonyl (C=O) groups is 1. The van der Waals surface area contributed by atoms with Gasteiger partial charge in [0.15, 0.2) is 5.03 Å². The van der Waals surface area contributed by atoms with Gasteiger partial charge in [0.1, 0.15) is 6.04 Å². The fourth-order valence-corrected chi connectivity index (χ4v) is 4.32. The number of carboxylic acid groups (broad SMARTS) is 1. The van der Waals surface area contributed by atoms with Crippen LogP contribution in [-0.2, 0) is 21.9 Å². The number of β-amino-alcohol motifs (C(OH)–C–C–N with tert-alkyl or cyclic N) is 1. The molecule has 2 N–H and O–H groups in total. The average Bonchev–Trinajstić information content (AvgIpc) is 2.83. The molecule has 2 unspecified atom stereocenters. The van der Waals surface area contributed by atoms with E-state index in [1.165, 1.54) is 7.05 Å². The summed E-state index contributed by atoms with van der Waals surface area (Å²) in [5.41, 5.74) is 0. The fraction of sp³-hybridized carbons (Fsp3) is 0.556. The smallest absolute Gasteiger partial charge is 0.322 e. The number of carboxylic acids is 1. The number of sulfonamides is 1. The molecule has 0 radical (unpaired) electrons. The maximum absolute atomic E-state index is 12.4. The van der Waals surface area contributed by atoms with Gasteiger partial charge in [-0.15, -0.1) is 0 Å². The summed E-state index contributed by atoms with van der Waals surface area (Å²) in [4.78, 5) is 11.1. The summed E-state index contributed by atoms with van der Waals surface area (Å²) in [6.07, 6.45) is 0.00341. The van der Waals surface area contributed by atoms with Crippen LogP contribution in [0.5, 0.6) is 0 Å². The Labute approximate surface area is 114 Å². The van der Waals surface area contributed by atoms with Gasteiger partial charge in [-0.05, 0) is 0 Å². The Morgan fingerprint density at radius 1 is 1.58 bits per heavy atom. The van der Waals surface area contributed by atoms with Crippen molar-refractivity contribution in [2.45, 2.75) is 23.6 Å². The Hall–Kier alpha value is -1.16. The van der Waals surface area contributed by atoms with E-state index in [9.17, 15) is 18.3 Å². The van der Waals surface area contributed by atoms with Crippen molar-refractivity contribution >= 4 is 27.6 Å². The Balaban J connectivity index is 2.48. The minimum absolute atomic E-state index is 0.0898. The molecular weight excluding hydrogens is 298 g/mol. The maximum Gasteiger partial charge on any atom is 0.322 e. The quantitative estimate of drug-likeness (QED) is 0.762. The van der Waals surface area contributed by atoms with E-state index in [0.29, 0.717) is 0 Å². The zero-order valence-corrected chi connectivity index (χ0v) is 11.5. The maximum atomic E-state index is 12.4. The predicted molar refractivity (Wildman–Crippen MR) is 64.2 cm³/mol. The second kappa shape index (κ2) is 4.75. The molecule has 0 aromatic carbocycles. The van der Waals surface area contributed by atoms with Gasteiger partial charge in [0.25, 0.3) is 10.0 Å². The van der Waals surface area contributed by atoms with Crippen molar-refractivity contribution in [3.8, 4) is 0 Å². The zero-order valence-electron chi connectivity index (χ0n) is 9.89. The Morgan fingerprint density at radius 2 is 2.21 bits per heavy atom. The van der Waals surface area contributed by atoms with E-state index in [4.69, 9.17) is 16.7 Å². The molecule has 19 heavy (non-hydrogen) atoms. The van der Waals surface area contributed by atoms with Gasteiger partial charge >= 0.3 is 5.97 Å². The number of nitrogens with zero attached hydrogens (tertiary/aromatic N) is 3. The van der Waals surface area contributed by atoms with E-state index in [-0.39, 0.29) is 23.0 Å². The number of rotatable bonds is 3. The summed E-state index contributed by atoms with van der Waals surface area (Å²) >= 11 is 5.77. The Bertz CT molecular complexity index is 594. The van der Waals surface area contributed by atoms with Crippen molar-refractivity contribution in [2.24, 2.45) is 7.05 Å². The molecule has 0 aliphatic carbocycles. The second-order valence-corrected chi connectivity index (χ2v) is 6.45. The molecule has 1 aromatic rings. The van der Waals surface area contributed by atoms with Gasteiger partial charge < -0.3 is 10.2 Å². The number of aliphatic carboxylic acids is 1. The second-order valence-electron chi connectivity index (χ2n) is 4.24. The monoisotopic (exact) mass is 309 g/mol. The molecule has 0 bridgehead atoms. The first kappa shape index (κ1) is 14.3. The summed E-state index contributed by atoms with van der Waals surface area (Å²) in [6.45, 7) is -0.277. The van der Waals surface area contributed by atoms with Gasteiger partial charge in [-0.2, -0.15) is 9.40 Å². The van der Waals surface area contributed by atoms with Crippen LogP contribution >= 0.6 is 11.6 Å². The van der Waals surface area contributed by atoms with Crippen LogP contribution in [0.1, 0.15) is 6.42 Å². The lowest BCUT2D eigenvalue weighted by molar-refractivity contribution is -0.140. The van der Waals surface area contributed by atoms with Crippen LogP contribution in [0.15, 0.2) is 11.2 Å². The molecule has 8 nitrogen and oxygen atoms in total. The van der Waals surface area contributed by atoms with Crippen molar-refractivity contribution in [3.05, 3.63) is 11.2 Å². The highest BCUT2D eigenvalue weighted by Crippen LogP contribution is 2.29. The summed E-state index contributed by atoms with van der Waals surface area (Å²) in [5.74, 6) is -1.31. The number of hydrogen-bond acceptors (Lipinski definition) is 5. The molecule has 1 aromatic heterocycles. The number of aliphatic hydroxyl groups is 1. The van der Waals surface area contributed by atoms with Crippen LogP contribution < -0.4 is 0 Å². The normalized spacial score (nSPS) is 24.8. The van der Waals surface area contributed by atoms with Gasteiger partial charge in [-0.1, -0.05) is 11.6 Å². The molecular formula is C9H12ClN3O5S. The van der Waals surface area contributed by atoms with Crippen LogP contribution in [0, 0.1) is 0 Å². The minimum Gasteiger partial charge on any atom is -0.480 e. The summed E-state index contributed by atoms with van der Waals surface area (Å²) in [6, 6.07) is -1.30. The standard InChI is InChI=1S/C9H12ClN3O5S/c1-12-8(6(10)3-11-12)19(17,18)13-4-5(14)2-7(13)9(15)16/h3,5,7,14H,2,4H2,1H3,(H,15,16). The highest BCUT2D eigenvalue weighted by atomic mass is 35.5. The van der Waals surface area contributed by atoms with Crippen LogP contribution in [0.2, 0.25) is 5.02 Å². The van der Waals surface area contributed by atoms with E-state index >= 15 is 0 Å². The van der Waals surface area contributed by atoms with Crippen molar-refractivity contribution < 1.29 is 23.4 Å². The number of aliphatic hydroxyl groups excluding tert-OH is 1. The summed E-state index contributed by atoms with van der Waals surface area (Å²) in [7, 11) is -2.73. The van der Waals surface area contributed by atoms with Gasteiger partial charge in [-0.25, -0.2) is 8.42 Å². The zero-order chi connectivity index (χ0) is 14.4. The highest BCUT2D eigenvalue weighted by Gasteiger charge is 2.45. The topological polar surface area (TPSA) is 113 Å². The lowest BCUT2D eigenvalue weighted by atomic mass is 10.2. The number of hydrogen-bond donors (Lipinski definition) is 2. The molecule has 2 rings (SSSR count). The lowest BCUT2D eigenvalue weighted by Crippen LogP contribution is -2.41. The van der Waals surface area contributed by atoms with Gasteiger partial charge in [0, 0.05) is 20.0 Å². The highest BCUT2D eigenvalue weighted by molar-refractivity contribution is 7.89. The van der Waals surface area contributed by atoms with Crippen molar-refractivity contribution in [2.75, 3.05) is 6.54 Å². The molecule has 10 heteroatoms. The first-order chi connectivity index (χ1) is 8.75. The molecule has 1 fully saturated rings. The third kappa shape index (κ3) is 2.34. The molecule has 106 valence electrons. The first-order valence-electron chi connectivity index (χ1n) is 5.35. The van der Waals surface area contributed by atoms with Gasteiger partial charge in [0.2, 0.25) is 0 Å². The SMILES string of the molecule is Cn1ncc(Cl)c1S(=O)(=O)N1CC(O)CC1C(=O)O. The predicted octanol–water partition coefficient (Wildman–Crippen LogP) is -0.718. The largest absolute Gasteiger partial charge is 0.480 e. The molecule has 1 saturated heterocycles. The summed E-state index contributed by atoms with van der Waals surface area (Å²) < 4.78 is 26.6. The third-order valence-corrected chi connectivity index (χ3v) is 5.30. The Morgan fingerprint density at radius 3 is 2.68 bits per heavy atom. The van der Waals surface area contributed by atoms with E-state index in [2.05, 4.69) is 5.10 Å². The van der Waals surface area contributed by atoms with Gasteiger partial charge in [0.05, 0.1) is 17.3 Å². The van der Waals surface area contributed by atoms with E-state index in [1.54, 1.807) is 0 Å². The first-order valence-corrected chi connectivity index (χ1v) is 7.17. The van der Waals surface area contributed by atoms with E-state index in [0.717, 1.165) is 15.2 Å². The van der Waals surface area contributed by atoms with Crippen LogP contribution in [0.25, 0.3) is 0 Å². The van der Waals surface area contributed by atoms with E-state index < -0.39 is 28.1 Å². The molecule has 0 spiro atoms. The molecule has 1 aliphatic rings. The van der Waals surface area contributed by atoms with Crippen molar-refractivity contribution in [1.82, 2.24) is 14.1 Å². The number of aromatic nitrogens is 2. The van der Waals surface area contributed by atoms with Crippen molar-refractivity contribution in [3.63, 3.8) is 0 Å². The third-order valence-electron chi connectivity index (χ3n) is 2.91. The Kier molecular flexibility index (Phi) is 3.56. The number of aryl methyl sites for hydroxylation is 1. The molecule has 2 heterocycles. The van der Waals surface area contributed by atoms with E-state index in [1.807, 2.05) is 0 Å². The van der Waals surface area contributed by atoms with Crippen molar-refractivity contribution in [1.29, 1.82) is 0 Å². The van der Waals surface area contributed by atoms with Crippen LogP contribution in [-0.4, -0.2) is 57.4 Å². The molecule has 2 atom stereocenters. The molecule has 0 amide bonds. The van der Waals surface area contributed by atoms with Crippen LogP contribution in [0.3, 0.4) is 0 Å². The lowest BCUT2D eigenvalue weighted by Gasteiger charge is -2.20. The van der Waals surface area contributed by atoms with Gasteiger partial charge in [-0.3, -0.25) is 9.48 Å². The number of halogens is 1. The average molecular weight is 310 g/mol. The molecule has 0 saturated carbocycles. The summed E-state index contributed by atoms with van der Waals surface area (Å²) in [5, 5.41) is 21.9.